The van der Waals surface area contributed by atoms with Gasteiger partial charge in [0, 0.05) is 43.1 Å². The lowest BCUT2D eigenvalue weighted by molar-refractivity contribution is 0.260. The van der Waals surface area contributed by atoms with Crippen LogP contribution in [0.3, 0.4) is 0 Å². The Kier molecular flexibility index (Phi) is 5.42. The minimum atomic E-state index is -3.06. The topological polar surface area (TPSA) is 76.3 Å². The molecule has 1 aliphatic heterocycles. The average molecular weight is 315 g/mol. The average Bonchev–Trinajstić information content (AvgIpc) is 2.48. The molecule has 1 unspecified atom stereocenters. The number of nitrogens with two attached hydrogens (primary N) is 1. The second kappa shape index (κ2) is 6.89. The summed E-state index contributed by atoms with van der Waals surface area (Å²) in [6, 6.07) is 3.85. The summed E-state index contributed by atoms with van der Waals surface area (Å²) in [5.41, 5.74) is 7.57. The molecule has 112 valence electrons. The lowest BCUT2D eigenvalue weighted by atomic mass is 10.2. The smallest absolute Gasteiger partial charge is 0.166 e. The van der Waals surface area contributed by atoms with Crippen LogP contribution in [-0.4, -0.2) is 47.5 Å². The molecule has 1 saturated heterocycles. The van der Waals surface area contributed by atoms with Gasteiger partial charge in [0.25, 0.3) is 0 Å². The van der Waals surface area contributed by atoms with Crippen molar-refractivity contribution in [1.29, 1.82) is 0 Å². The normalized spacial score (nSPS) is 21.0. The van der Waals surface area contributed by atoms with E-state index in [9.17, 15) is 8.42 Å². The summed E-state index contributed by atoms with van der Waals surface area (Å²) >= 11 is 1.71. The third-order valence-electron chi connectivity index (χ3n) is 3.56. The number of hydrogen-bond donors (Lipinski definition) is 1. The Morgan fingerprint density at radius 3 is 3.05 bits per heavy atom. The highest BCUT2D eigenvalue weighted by Crippen LogP contribution is 2.23. The van der Waals surface area contributed by atoms with Crippen LogP contribution in [0.25, 0.3) is 0 Å². The third kappa shape index (κ3) is 3.52. The number of aromatic nitrogens is 1. The fourth-order valence-corrected chi connectivity index (χ4v) is 5.42. The summed E-state index contributed by atoms with van der Waals surface area (Å²) in [7, 11) is -3.06. The van der Waals surface area contributed by atoms with Crippen LogP contribution >= 0.6 is 11.8 Å². The van der Waals surface area contributed by atoms with Gasteiger partial charge in [-0.05, 0) is 11.6 Å². The molecule has 1 aromatic heterocycles. The molecule has 2 heterocycles. The Labute approximate surface area is 124 Å². The minimum Gasteiger partial charge on any atom is -0.325 e. The molecular weight excluding hydrogens is 294 g/mol. The Balaban J connectivity index is 2.21. The summed E-state index contributed by atoms with van der Waals surface area (Å²) in [6.45, 7) is 3.48. The molecule has 5 nitrogen and oxygen atoms in total. The first-order valence-corrected chi connectivity index (χ1v) is 9.61. The van der Waals surface area contributed by atoms with Crippen LogP contribution in [0, 0.1) is 0 Å². The summed E-state index contributed by atoms with van der Waals surface area (Å²) < 4.78 is 24.4. The molecule has 0 spiro atoms. The molecule has 1 atom stereocenters. The molecule has 7 heteroatoms. The van der Waals surface area contributed by atoms with Gasteiger partial charge in [-0.25, -0.2) is 8.42 Å². The summed E-state index contributed by atoms with van der Waals surface area (Å²) in [5, 5.41) is -0.392. The molecule has 1 aliphatic rings. The fourth-order valence-electron chi connectivity index (χ4n) is 2.34. The van der Waals surface area contributed by atoms with Gasteiger partial charge in [-0.3, -0.25) is 9.88 Å². The van der Waals surface area contributed by atoms with Gasteiger partial charge in [0.15, 0.2) is 9.84 Å². The maximum absolute atomic E-state index is 12.2. The Bertz CT molecular complexity index is 548. The van der Waals surface area contributed by atoms with Crippen LogP contribution in [0.15, 0.2) is 18.3 Å². The maximum atomic E-state index is 12.2. The van der Waals surface area contributed by atoms with E-state index in [-0.39, 0.29) is 5.75 Å². The molecule has 1 fully saturated rings. The van der Waals surface area contributed by atoms with Crippen LogP contribution in [0.1, 0.15) is 18.2 Å². The lowest BCUT2D eigenvalue weighted by Gasteiger charge is -2.34. The van der Waals surface area contributed by atoms with Crippen LogP contribution in [0.5, 0.6) is 0 Å². The van der Waals surface area contributed by atoms with E-state index in [1.807, 2.05) is 17.0 Å². The van der Waals surface area contributed by atoms with E-state index in [1.54, 1.807) is 24.9 Å². The number of hydrogen-bond acceptors (Lipinski definition) is 6. The first kappa shape index (κ1) is 15.8. The van der Waals surface area contributed by atoms with Crippen molar-refractivity contribution >= 4 is 21.6 Å². The highest BCUT2D eigenvalue weighted by atomic mass is 32.2. The first-order chi connectivity index (χ1) is 9.58. The molecular formula is C13H21N3O2S2. The zero-order valence-electron chi connectivity index (χ0n) is 11.7. The molecule has 0 radical (unpaired) electrons. The second-order valence-electron chi connectivity index (χ2n) is 4.76. The van der Waals surface area contributed by atoms with Gasteiger partial charge in [-0.1, -0.05) is 13.0 Å². The third-order valence-corrected chi connectivity index (χ3v) is 6.89. The Morgan fingerprint density at radius 1 is 1.55 bits per heavy atom. The van der Waals surface area contributed by atoms with E-state index >= 15 is 0 Å². The van der Waals surface area contributed by atoms with Crippen molar-refractivity contribution in [2.45, 2.75) is 25.4 Å². The number of pyridine rings is 1. The van der Waals surface area contributed by atoms with Gasteiger partial charge in [0.2, 0.25) is 0 Å². The standard InChI is InChI=1S/C13H21N3O2S2/c1-2-20(17,18)13-10-19-7-6-16(13)9-11-4-3-5-15-12(11)8-14/h3-5,13H,2,6-10,14H2,1H3. The number of rotatable bonds is 5. The predicted octanol–water partition coefficient (Wildman–Crippen LogP) is 0.850. The van der Waals surface area contributed by atoms with E-state index in [1.165, 1.54) is 0 Å². The molecule has 20 heavy (non-hydrogen) atoms. The molecule has 1 aromatic rings. The van der Waals surface area contributed by atoms with E-state index < -0.39 is 15.2 Å². The molecule has 2 N–H and O–H groups in total. The molecule has 2 rings (SSSR count). The van der Waals surface area contributed by atoms with Crippen LogP contribution in [0.4, 0.5) is 0 Å². The van der Waals surface area contributed by atoms with Crippen molar-refractivity contribution in [2.75, 3.05) is 23.8 Å². The lowest BCUT2D eigenvalue weighted by Crippen LogP contribution is -2.47. The quantitative estimate of drug-likeness (QED) is 0.868. The highest BCUT2D eigenvalue weighted by Gasteiger charge is 2.32. The Hall–Kier alpha value is -0.630. The zero-order valence-corrected chi connectivity index (χ0v) is 13.3. The summed E-state index contributed by atoms with van der Waals surface area (Å²) in [5.74, 6) is 1.80. The van der Waals surface area contributed by atoms with Gasteiger partial charge < -0.3 is 5.73 Å². The highest BCUT2D eigenvalue weighted by molar-refractivity contribution is 8.01. The van der Waals surface area contributed by atoms with Crippen LogP contribution in [-0.2, 0) is 22.9 Å². The van der Waals surface area contributed by atoms with Crippen LogP contribution < -0.4 is 5.73 Å². The molecule has 0 aromatic carbocycles. The van der Waals surface area contributed by atoms with Gasteiger partial charge >= 0.3 is 0 Å². The zero-order chi connectivity index (χ0) is 14.6. The van der Waals surface area contributed by atoms with Crippen molar-refractivity contribution in [3.05, 3.63) is 29.6 Å². The summed E-state index contributed by atoms with van der Waals surface area (Å²) in [4.78, 5) is 6.31. The fraction of sp³-hybridized carbons (Fsp3) is 0.615. The number of nitrogens with zero attached hydrogens (tertiary/aromatic N) is 2. The molecule has 0 amide bonds. The van der Waals surface area contributed by atoms with Gasteiger partial charge in [0.05, 0.1) is 5.69 Å². The molecule has 0 aliphatic carbocycles. The predicted molar refractivity (Wildman–Crippen MR) is 83.1 cm³/mol. The molecule has 0 bridgehead atoms. The van der Waals surface area contributed by atoms with Gasteiger partial charge in [-0.2, -0.15) is 11.8 Å². The largest absolute Gasteiger partial charge is 0.325 e. The number of sulfone groups is 1. The van der Waals surface area contributed by atoms with E-state index in [0.29, 0.717) is 18.8 Å². The van der Waals surface area contributed by atoms with Crippen molar-refractivity contribution in [3.8, 4) is 0 Å². The summed E-state index contributed by atoms with van der Waals surface area (Å²) in [6.07, 6.45) is 1.72. The minimum absolute atomic E-state index is 0.186. The Morgan fingerprint density at radius 2 is 2.35 bits per heavy atom. The van der Waals surface area contributed by atoms with Crippen LogP contribution in [0.2, 0.25) is 0 Å². The second-order valence-corrected chi connectivity index (χ2v) is 8.36. The van der Waals surface area contributed by atoms with Crippen molar-refractivity contribution in [3.63, 3.8) is 0 Å². The van der Waals surface area contributed by atoms with E-state index in [4.69, 9.17) is 5.73 Å². The monoisotopic (exact) mass is 315 g/mol. The van der Waals surface area contributed by atoms with E-state index in [2.05, 4.69) is 4.98 Å². The first-order valence-electron chi connectivity index (χ1n) is 6.74. The van der Waals surface area contributed by atoms with Crippen molar-refractivity contribution in [2.24, 2.45) is 5.73 Å². The van der Waals surface area contributed by atoms with Crippen molar-refractivity contribution in [1.82, 2.24) is 9.88 Å². The number of thioether (sulfide) groups is 1. The van der Waals surface area contributed by atoms with Gasteiger partial charge in [0.1, 0.15) is 5.37 Å². The SMILES string of the molecule is CCS(=O)(=O)C1CSCCN1Cc1cccnc1CN. The van der Waals surface area contributed by atoms with Crippen molar-refractivity contribution < 1.29 is 8.42 Å². The maximum Gasteiger partial charge on any atom is 0.166 e. The van der Waals surface area contributed by atoms with Gasteiger partial charge in [-0.15, -0.1) is 0 Å². The van der Waals surface area contributed by atoms with E-state index in [0.717, 1.165) is 23.6 Å². The molecule has 0 saturated carbocycles.